The maximum atomic E-state index is 10.1. The van der Waals surface area contributed by atoms with Crippen LogP contribution in [0.15, 0.2) is 36.7 Å². The molecule has 68 valence electrons. The van der Waals surface area contributed by atoms with Crippen LogP contribution in [-0.4, -0.2) is 16.1 Å². The zero-order valence-corrected chi connectivity index (χ0v) is 7.32. The number of carbonyl (C=O) groups is 1. The van der Waals surface area contributed by atoms with E-state index in [0.717, 1.165) is 17.2 Å². The second kappa shape index (κ2) is 4.30. The van der Waals surface area contributed by atoms with Gasteiger partial charge in [0.2, 0.25) is 0 Å². The lowest BCUT2D eigenvalue weighted by Crippen LogP contribution is -1.84. The molecule has 1 rings (SSSR count). The number of aromatic nitrogens is 1. The first-order chi connectivity index (χ1) is 6.20. The first-order valence-corrected chi connectivity index (χ1v) is 3.91. The molecule has 0 atom stereocenters. The van der Waals surface area contributed by atoms with E-state index in [2.05, 4.69) is 4.98 Å². The van der Waals surface area contributed by atoms with Gasteiger partial charge in [-0.1, -0.05) is 12.2 Å². The number of allylic oxidation sites excluding steroid dienone is 3. The topological polar surface area (TPSA) is 53.1 Å². The molecular formula is C10H11NO2. The van der Waals surface area contributed by atoms with Crippen LogP contribution >= 0.6 is 0 Å². The second-order valence-electron chi connectivity index (χ2n) is 2.65. The van der Waals surface area contributed by atoms with Crippen molar-refractivity contribution in [3.8, 4) is 0 Å². The molecule has 0 saturated carbocycles. The van der Waals surface area contributed by atoms with Crippen LogP contribution < -0.4 is 0 Å². The molecule has 0 aliphatic carbocycles. The van der Waals surface area contributed by atoms with E-state index >= 15 is 0 Å². The standard InChI is InChI=1S/C10H11NO2/c1-8(3-2-4-10(12)13)9-5-6-11-7-9/h2-7,11H,1H3,(H,12,13)/b4-2+,8-3+. The van der Waals surface area contributed by atoms with Crippen molar-refractivity contribution in [1.29, 1.82) is 0 Å². The van der Waals surface area contributed by atoms with Crippen LogP contribution in [0.5, 0.6) is 0 Å². The fraction of sp³-hybridized carbons (Fsp3) is 0.100. The summed E-state index contributed by atoms with van der Waals surface area (Å²) in [5.74, 6) is -0.932. The molecule has 0 bridgehead atoms. The zero-order valence-electron chi connectivity index (χ0n) is 7.32. The van der Waals surface area contributed by atoms with Gasteiger partial charge in [0.25, 0.3) is 0 Å². The Morgan fingerprint density at radius 3 is 2.92 bits per heavy atom. The Hall–Kier alpha value is -1.77. The number of nitrogens with one attached hydrogen (secondary N) is 1. The third-order valence-electron chi connectivity index (χ3n) is 1.64. The van der Waals surface area contributed by atoms with E-state index in [9.17, 15) is 4.79 Å². The largest absolute Gasteiger partial charge is 0.478 e. The van der Waals surface area contributed by atoms with Gasteiger partial charge in [-0.2, -0.15) is 0 Å². The van der Waals surface area contributed by atoms with Crippen molar-refractivity contribution in [2.24, 2.45) is 0 Å². The van der Waals surface area contributed by atoms with E-state index in [0.29, 0.717) is 0 Å². The van der Waals surface area contributed by atoms with Crippen LogP contribution in [0.4, 0.5) is 0 Å². The third-order valence-corrected chi connectivity index (χ3v) is 1.64. The van der Waals surface area contributed by atoms with Gasteiger partial charge in [0, 0.05) is 18.5 Å². The summed E-state index contributed by atoms with van der Waals surface area (Å²) in [6, 6.07) is 1.93. The quantitative estimate of drug-likeness (QED) is 0.548. The fourth-order valence-corrected chi connectivity index (χ4v) is 0.940. The molecule has 3 nitrogen and oxygen atoms in total. The molecule has 2 N–H and O–H groups in total. The van der Waals surface area contributed by atoms with Crippen molar-refractivity contribution in [2.75, 3.05) is 0 Å². The normalized spacial score (nSPS) is 12.2. The van der Waals surface area contributed by atoms with Crippen molar-refractivity contribution in [1.82, 2.24) is 4.98 Å². The number of hydrogen-bond acceptors (Lipinski definition) is 1. The van der Waals surface area contributed by atoms with E-state index in [1.54, 1.807) is 6.08 Å². The average Bonchev–Trinajstić information content (AvgIpc) is 2.55. The minimum atomic E-state index is -0.932. The maximum Gasteiger partial charge on any atom is 0.328 e. The fourth-order valence-electron chi connectivity index (χ4n) is 0.940. The van der Waals surface area contributed by atoms with Crippen molar-refractivity contribution < 1.29 is 9.90 Å². The van der Waals surface area contributed by atoms with Gasteiger partial charge in [-0.05, 0) is 24.1 Å². The van der Waals surface area contributed by atoms with Crippen molar-refractivity contribution in [3.05, 3.63) is 42.3 Å². The second-order valence-corrected chi connectivity index (χ2v) is 2.65. The summed E-state index contributed by atoms with van der Waals surface area (Å²) in [6.07, 6.45) is 8.08. The number of carboxylic acids is 1. The first kappa shape index (κ1) is 9.32. The Labute approximate surface area is 76.4 Å². The van der Waals surface area contributed by atoms with Gasteiger partial charge in [-0.15, -0.1) is 0 Å². The van der Waals surface area contributed by atoms with Crippen molar-refractivity contribution in [3.63, 3.8) is 0 Å². The zero-order chi connectivity index (χ0) is 9.68. The Bertz CT molecular complexity index is 334. The molecule has 0 aliphatic rings. The Morgan fingerprint density at radius 1 is 1.62 bits per heavy atom. The number of aromatic amines is 1. The predicted octanol–water partition coefficient (Wildman–Crippen LogP) is 2.06. The van der Waals surface area contributed by atoms with Crippen LogP contribution in [0.2, 0.25) is 0 Å². The van der Waals surface area contributed by atoms with E-state index in [1.165, 1.54) is 6.08 Å². The lowest BCUT2D eigenvalue weighted by molar-refractivity contribution is -0.131. The van der Waals surface area contributed by atoms with E-state index in [-0.39, 0.29) is 0 Å². The average molecular weight is 177 g/mol. The van der Waals surface area contributed by atoms with Gasteiger partial charge >= 0.3 is 5.97 Å². The minimum absolute atomic E-state index is 0.932. The SMILES string of the molecule is C/C(=C\C=C\C(=O)O)c1cc[nH]c1. The number of hydrogen-bond donors (Lipinski definition) is 2. The summed E-state index contributed by atoms with van der Waals surface area (Å²) in [6.45, 7) is 1.93. The molecule has 0 radical (unpaired) electrons. The molecular weight excluding hydrogens is 166 g/mol. The van der Waals surface area contributed by atoms with Crippen LogP contribution in [0.3, 0.4) is 0 Å². The molecule has 0 spiro atoms. The highest BCUT2D eigenvalue weighted by atomic mass is 16.4. The lowest BCUT2D eigenvalue weighted by atomic mass is 10.1. The molecule has 3 heteroatoms. The molecule has 0 fully saturated rings. The van der Waals surface area contributed by atoms with E-state index in [4.69, 9.17) is 5.11 Å². The highest BCUT2D eigenvalue weighted by molar-refractivity contribution is 5.80. The molecule has 0 amide bonds. The number of rotatable bonds is 3. The third kappa shape index (κ3) is 2.99. The number of carboxylic acid groups (broad SMARTS) is 1. The van der Waals surface area contributed by atoms with Gasteiger partial charge in [0.15, 0.2) is 0 Å². The molecule has 1 heterocycles. The summed E-state index contributed by atoms with van der Waals surface area (Å²) in [5.41, 5.74) is 2.09. The molecule has 0 aromatic carbocycles. The van der Waals surface area contributed by atoms with Crippen LogP contribution in [0.25, 0.3) is 5.57 Å². The molecule has 13 heavy (non-hydrogen) atoms. The van der Waals surface area contributed by atoms with E-state index < -0.39 is 5.97 Å². The Kier molecular flexibility index (Phi) is 3.09. The molecule has 0 unspecified atom stereocenters. The van der Waals surface area contributed by atoms with Gasteiger partial charge in [0.05, 0.1) is 0 Å². The van der Waals surface area contributed by atoms with Crippen molar-refractivity contribution in [2.45, 2.75) is 6.92 Å². The van der Waals surface area contributed by atoms with Gasteiger partial charge in [-0.25, -0.2) is 4.79 Å². The Balaban J connectivity index is 2.68. The predicted molar refractivity (Wildman–Crippen MR) is 51.2 cm³/mol. The highest BCUT2D eigenvalue weighted by Crippen LogP contribution is 2.11. The minimum Gasteiger partial charge on any atom is -0.478 e. The van der Waals surface area contributed by atoms with E-state index in [1.807, 2.05) is 25.4 Å². The number of H-pyrrole nitrogens is 1. The maximum absolute atomic E-state index is 10.1. The molecule has 1 aromatic heterocycles. The van der Waals surface area contributed by atoms with Gasteiger partial charge in [0.1, 0.15) is 0 Å². The molecule has 0 aliphatic heterocycles. The van der Waals surface area contributed by atoms with Gasteiger partial charge in [-0.3, -0.25) is 0 Å². The summed E-state index contributed by atoms with van der Waals surface area (Å²) < 4.78 is 0. The first-order valence-electron chi connectivity index (χ1n) is 3.91. The molecule has 0 saturated heterocycles. The molecule has 1 aromatic rings. The summed E-state index contributed by atoms with van der Waals surface area (Å²) >= 11 is 0. The van der Waals surface area contributed by atoms with Crippen LogP contribution in [-0.2, 0) is 4.79 Å². The monoisotopic (exact) mass is 177 g/mol. The number of aliphatic carboxylic acids is 1. The Morgan fingerprint density at radius 2 is 2.38 bits per heavy atom. The van der Waals surface area contributed by atoms with Crippen LogP contribution in [0, 0.1) is 0 Å². The summed E-state index contributed by atoms with van der Waals surface area (Å²) in [4.78, 5) is 13.1. The summed E-state index contributed by atoms with van der Waals surface area (Å²) in [7, 11) is 0. The van der Waals surface area contributed by atoms with Crippen molar-refractivity contribution >= 4 is 11.5 Å². The van der Waals surface area contributed by atoms with Gasteiger partial charge < -0.3 is 10.1 Å². The highest BCUT2D eigenvalue weighted by Gasteiger charge is 1.92. The van der Waals surface area contributed by atoms with Crippen LogP contribution in [0.1, 0.15) is 12.5 Å². The lowest BCUT2D eigenvalue weighted by Gasteiger charge is -1.92. The summed E-state index contributed by atoms with van der Waals surface area (Å²) in [5, 5.41) is 8.33. The smallest absolute Gasteiger partial charge is 0.328 e.